The zero-order valence-electron chi connectivity index (χ0n) is 15.3. The van der Waals surface area contributed by atoms with Crippen molar-refractivity contribution in [3.63, 3.8) is 0 Å². The lowest BCUT2D eigenvalue weighted by Crippen LogP contribution is -2.51. The third kappa shape index (κ3) is 5.22. The summed E-state index contributed by atoms with van der Waals surface area (Å²) in [6.45, 7) is 7.74. The molecule has 2 rings (SSSR count). The lowest BCUT2D eigenvalue weighted by molar-refractivity contribution is -0.125. The van der Waals surface area contributed by atoms with Crippen LogP contribution in [0.4, 0.5) is 4.79 Å². The molecule has 2 fully saturated rings. The molecule has 1 amide bonds. The van der Waals surface area contributed by atoms with Gasteiger partial charge in [0.05, 0.1) is 0 Å². The highest BCUT2D eigenvalue weighted by atomic mass is 16.6. The van der Waals surface area contributed by atoms with Crippen LogP contribution in [0, 0.1) is 5.92 Å². The van der Waals surface area contributed by atoms with Gasteiger partial charge in [0, 0.05) is 24.4 Å². The van der Waals surface area contributed by atoms with E-state index in [2.05, 4.69) is 6.92 Å². The highest BCUT2D eigenvalue weighted by Gasteiger charge is 2.36. The Morgan fingerprint density at radius 1 is 1.00 bits per heavy atom. The summed E-state index contributed by atoms with van der Waals surface area (Å²) in [7, 11) is 0. The summed E-state index contributed by atoms with van der Waals surface area (Å²) in [5, 5.41) is 0. The van der Waals surface area contributed by atoms with E-state index in [1.54, 1.807) is 0 Å². The van der Waals surface area contributed by atoms with Gasteiger partial charge in [-0.05, 0) is 59.8 Å². The molecule has 1 aliphatic heterocycles. The van der Waals surface area contributed by atoms with Crippen LogP contribution < -0.4 is 0 Å². The number of hydrogen-bond donors (Lipinski definition) is 0. The highest BCUT2D eigenvalue weighted by molar-refractivity contribution is 5.82. The molecular formula is C19H33NO3. The van der Waals surface area contributed by atoms with Gasteiger partial charge >= 0.3 is 6.09 Å². The minimum Gasteiger partial charge on any atom is -0.444 e. The summed E-state index contributed by atoms with van der Waals surface area (Å²) >= 11 is 0. The Morgan fingerprint density at radius 3 is 2.26 bits per heavy atom. The monoisotopic (exact) mass is 323 g/mol. The predicted octanol–water partition coefficient (Wildman–Crippen LogP) is 4.70. The molecular weight excluding hydrogens is 290 g/mol. The van der Waals surface area contributed by atoms with E-state index in [1.165, 1.54) is 19.3 Å². The second kappa shape index (κ2) is 7.67. The second-order valence-electron chi connectivity index (χ2n) is 8.33. The average molecular weight is 323 g/mol. The molecule has 4 nitrogen and oxygen atoms in total. The van der Waals surface area contributed by atoms with Gasteiger partial charge in [-0.3, -0.25) is 4.79 Å². The lowest BCUT2D eigenvalue weighted by Gasteiger charge is -2.41. The van der Waals surface area contributed by atoms with Crippen LogP contribution in [-0.2, 0) is 9.53 Å². The van der Waals surface area contributed by atoms with Crippen molar-refractivity contribution in [3.05, 3.63) is 0 Å². The average Bonchev–Trinajstić information content (AvgIpc) is 2.46. The van der Waals surface area contributed by atoms with Crippen LogP contribution in [0.2, 0.25) is 0 Å². The van der Waals surface area contributed by atoms with Gasteiger partial charge in [-0.2, -0.15) is 0 Å². The van der Waals surface area contributed by atoms with Crippen LogP contribution in [0.3, 0.4) is 0 Å². The third-order valence-corrected chi connectivity index (χ3v) is 5.13. The maximum atomic E-state index is 12.6. The number of rotatable bonds is 3. The first kappa shape index (κ1) is 18.3. The third-order valence-electron chi connectivity index (χ3n) is 5.13. The number of nitrogens with zero attached hydrogens (tertiary/aromatic N) is 1. The maximum absolute atomic E-state index is 12.6. The van der Waals surface area contributed by atoms with Crippen molar-refractivity contribution >= 4 is 11.9 Å². The van der Waals surface area contributed by atoms with Crippen LogP contribution in [0.15, 0.2) is 0 Å². The van der Waals surface area contributed by atoms with Gasteiger partial charge in [0.15, 0.2) is 0 Å². The first-order chi connectivity index (χ1) is 10.8. The fourth-order valence-corrected chi connectivity index (χ4v) is 3.95. The number of amides is 1. The van der Waals surface area contributed by atoms with Gasteiger partial charge in [-0.1, -0.05) is 19.3 Å². The van der Waals surface area contributed by atoms with Crippen LogP contribution in [0.1, 0.15) is 85.5 Å². The van der Waals surface area contributed by atoms with Crippen molar-refractivity contribution in [2.24, 2.45) is 5.92 Å². The number of ketones is 1. The first-order valence-electron chi connectivity index (χ1n) is 9.32. The Kier molecular flexibility index (Phi) is 6.10. The highest BCUT2D eigenvalue weighted by Crippen LogP contribution is 2.31. The van der Waals surface area contributed by atoms with E-state index < -0.39 is 5.60 Å². The van der Waals surface area contributed by atoms with Crippen molar-refractivity contribution in [1.29, 1.82) is 0 Å². The van der Waals surface area contributed by atoms with Gasteiger partial charge in [0.2, 0.25) is 0 Å². The van der Waals surface area contributed by atoms with E-state index in [0.29, 0.717) is 12.2 Å². The van der Waals surface area contributed by atoms with E-state index in [4.69, 9.17) is 4.74 Å². The minimum absolute atomic E-state index is 0.0167. The summed E-state index contributed by atoms with van der Waals surface area (Å²) in [4.78, 5) is 27.1. The van der Waals surface area contributed by atoms with Crippen molar-refractivity contribution in [2.75, 3.05) is 0 Å². The zero-order valence-corrected chi connectivity index (χ0v) is 15.3. The predicted molar refractivity (Wildman–Crippen MR) is 91.4 cm³/mol. The topological polar surface area (TPSA) is 46.6 Å². The van der Waals surface area contributed by atoms with E-state index in [9.17, 15) is 9.59 Å². The van der Waals surface area contributed by atoms with Gasteiger partial charge < -0.3 is 9.64 Å². The number of likely N-dealkylation sites (tertiary alicyclic amines) is 1. The largest absolute Gasteiger partial charge is 0.444 e. The molecule has 0 aromatic rings. The van der Waals surface area contributed by atoms with E-state index in [-0.39, 0.29) is 24.1 Å². The SMILES string of the molecule is CC1CCCC(CC(=O)C2CCCCC2)N1C(=O)OC(C)(C)C. The normalized spacial score (nSPS) is 26.9. The number of carbonyl (C=O) groups is 2. The summed E-state index contributed by atoms with van der Waals surface area (Å²) in [6, 6.07) is 0.172. The molecule has 1 aliphatic carbocycles. The molecule has 1 saturated carbocycles. The number of hydrogen-bond acceptors (Lipinski definition) is 3. The maximum Gasteiger partial charge on any atom is 0.410 e. The van der Waals surface area contributed by atoms with E-state index >= 15 is 0 Å². The summed E-state index contributed by atoms with van der Waals surface area (Å²) in [5.74, 6) is 0.582. The molecule has 0 aromatic carbocycles. The standard InChI is InChI=1S/C19H33NO3/c1-14-9-8-12-16(20(14)18(22)23-19(2,3)4)13-17(21)15-10-6-5-7-11-15/h14-16H,5-13H2,1-4H3. The summed E-state index contributed by atoms with van der Waals surface area (Å²) in [5.41, 5.74) is -0.494. The number of piperidine rings is 1. The number of Topliss-reactive ketones (excluding diaryl/α,β-unsaturated/α-hetero) is 1. The Hall–Kier alpha value is -1.06. The van der Waals surface area contributed by atoms with Gasteiger partial charge in [0.25, 0.3) is 0 Å². The smallest absolute Gasteiger partial charge is 0.410 e. The van der Waals surface area contributed by atoms with Crippen LogP contribution in [0.25, 0.3) is 0 Å². The molecule has 4 heteroatoms. The van der Waals surface area contributed by atoms with Crippen LogP contribution >= 0.6 is 0 Å². The van der Waals surface area contributed by atoms with Gasteiger partial charge in [-0.15, -0.1) is 0 Å². The van der Waals surface area contributed by atoms with Gasteiger partial charge in [0.1, 0.15) is 11.4 Å². The Balaban J connectivity index is 2.01. The van der Waals surface area contributed by atoms with Crippen molar-refractivity contribution < 1.29 is 14.3 Å². The molecule has 23 heavy (non-hydrogen) atoms. The second-order valence-corrected chi connectivity index (χ2v) is 8.33. The molecule has 2 aliphatic rings. The summed E-state index contributed by atoms with van der Waals surface area (Å²) < 4.78 is 5.58. The molecule has 0 bridgehead atoms. The number of ether oxygens (including phenoxy) is 1. The zero-order chi connectivity index (χ0) is 17.0. The molecule has 0 N–H and O–H groups in total. The van der Waals surface area contributed by atoms with E-state index in [1.807, 2.05) is 25.7 Å². The lowest BCUT2D eigenvalue weighted by atomic mass is 9.82. The first-order valence-corrected chi connectivity index (χ1v) is 9.32. The quantitative estimate of drug-likeness (QED) is 0.756. The molecule has 2 unspecified atom stereocenters. The van der Waals surface area contributed by atoms with E-state index in [0.717, 1.165) is 32.1 Å². The Morgan fingerprint density at radius 2 is 1.65 bits per heavy atom. The summed E-state index contributed by atoms with van der Waals surface area (Å²) in [6.07, 6.45) is 8.92. The van der Waals surface area contributed by atoms with Crippen LogP contribution in [0.5, 0.6) is 0 Å². The molecule has 1 saturated heterocycles. The Bertz CT molecular complexity index is 421. The van der Waals surface area contributed by atoms with Crippen LogP contribution in [-0.4, -0.2) is 34.5 Å². The van der Waals surface area contributed by atoms with Crippen molar-refractivity contribution in [2.45, 2.75) is 103 Å². The Labute approximate surface area is 140 Å². The molecule has 0 radical (unpaired) electrons. The van der Waals surface area contributed by atoms with Gasteiger partial charge in [-0.25, -0.2) is 4.79 Å². The molecule has 0 aromatic heterocycles. The fraction of sp³-hybridized carbons (Fsp3) is 0.895. The molecule has 2 atom stereocenters. The molecule has 132 valence electrons. The van der Waals surface area contributed by atoms with Crippen molar-refractivity contribution in [3.8, 4) is 0 Å². The fourth-order valence-electron chi connectivity index (χ4n) is 3.95. The van der Waals surface area contributed by atoms with Crippen molar-refractivity contribution in [1.82, 2.24) is 4.90 Å². The minimum atomic E-state index is -0.494. The molecule has 1 heterocycles. The number of carbonyl (C=O) groups excluding carboxylic acids is 2. The molecule has 0 spiro atoms.